The molecule has 0 aromatic heterocycles. The molecule has 0 unspecified atom stereocenters. The third kappa shape index (κ3) is 8.29. The van der Waals surface area contributed by atoms with Gasteiger partial charge >= 0.3 is 110 Å². The van der Waals surface area contributed by atoms with E-state index in [1.54, 1.807) is 0 Å². The molecule has 0 aliphatic rings. The van der Waals surface area contributed by atoms with Crippen molar-refractivity contribution in [2.24, 2.45) is 0 Å². The number of ether oxygens (including phenoxy) is 1. The zero-order valence-corrected chi connectivity index (χ0v) is 14.0. The Morgan fingerprint density at radius 1 is 1.06 bits per heavy atom. The Labute approximate surface area is 109 Å². The van der Waals surface area contributed by atoms with Crippen LogP contribution in [0.5, 0.6) is 0 Å². The van der Waals surface area contributed by atoms with Gasteiger partial charge in [-0.25, -0.2) is 0 Å². The summed E-state index contributed by atoms with van der Waals surface area (Å²) in [6.45, 7) is 1.43. The molecule has 0 atom stereocenters. The van der Waals surface area contributed by atoms with Crippen LogP contribution in [0.1, 0.15) is 12.0 Å². The number of benzene rings is 1. The standard InChI is InChI=1S/C12H13O.3CH3.Sn/c1-2-3-7-10-13-11-12-8-5-4-6-9-12;;;;/h4-6,8-9H,1,7,10-11H2;3*1H3;. The van der Waals surface area contributed by atoms with Crippen molar-refractivity contribution in [3.05, 3.63) is 35.9 Å². The Hall–Kier alpha value is -0.461. The van der Waals surface area contributed by atoms with E-state index in [0.29, 0.717) is 6.61 Å². The fourth-order valence-corrected chi connectivity index (χ4v) is 3.17. The van der Waals surface area contributed by atoms with Crippen molar-refractivity contribution in [1.82, 2.24) is 0 Å². The van der Waals surface area contributed by atoms with Gasteiger partial charge in [0.25, 0.3) is 0 Å². The first-order chi connectivity index (χ1) is 8.08. The van der Waals surface area contributed by atoms with Gasteiger partial charge < -0.3 is 0 Å². The molecule has 0 bridgehead atoms. The summed E-state index contributed by atoms with van der Waals surface area (Å²) in [6, 6.07) is 10.3. The molecule has 1 aromatic rings. The third-order valence-electron chi connectivity index (χ3n) is 2.23. The van der Waals surface area contributed by atoms with E-state index in [2.05, 4.69) is 38.8 Å². The van der Waals surface area contributed by atoms with E-state index >= 15 is 0 Å². The van der Waals surface area contributed by atoms with Gasteiger partial charge in [-0.3, -0.25) is 0 Å². The Morgan fingerprint density at radius 2 is 1.76 bits per heavy atom. The molecule has 17 heavy (non-hydrogen) atoms. The Kier molecular flexibility index (Phi) is 6.69. The van der Waals surface area contributed by atoms with Crippen molar-refractivity contribution in [3.8, 4) is 11.8 Å². The van der Waals surface area contributed by atoms with E-state index < -0.39 is 18.4 Å². The summed E-state index contributed by atoms with van der Waals surface area (Å²) < 4.78 is 6.73. The van der Waals surface area contributed by atoms with Crippen molar-refractivity contribution >= 4 is 18.4 Å². The molecule has 0 saturated carbocycles. The molecule has 0 radical (unpaired) electrons. The SMILES string of the molecule is [CH3][Sn]([CH3])([CH3])[CH2]C#CCCOCc1ccccc1. The van der Waals surface area contributed by atoms with Gasteiger partial charge in [0, 0.05) is 0 Å². The van der Waals surface area contributed by atoms with E-state index in [9.17, 15) is 0 Å². The molecule has 1 nitrogen and oxygen atoms in total. The molecule has 0 heterocycles. The molecule has 0 aliphatic carbocycles. The second kappa shape index (κ2) is 7.79. The van der Waals surface area contributed by atoms with E-state index in [4.69, 9.17) is 4.74 Å². The molecular weight excluding hydrogens is 315 g/mol. The van der Waals surface area contributed by atoms with Crippen LogP contribution in [-0.4, -0.2) is 25.0 Å². The van der Waals surface area contributed by atoms with Crippen molar-refractivity contribution < 1.29 is 4.74 Å². The summed E-state index contributed by atoms with van der Waals surface area (Å²) in [5.41, 5.74) is 1.23. The average molecular weight is 337 g/mol. The van der Waals surface area contributed by atoms with Crippen LogP contribution in [0.4, 0.5) is 0 Å². The minimum atomic E-state index is -1.66. The van der Waals surface area contributed by atoms with E-state index in [1.165, 1.54) is 5.56 Å². The second-order valence-corrected chi connectivity index (χ2v) is 21.0. The molecule has 1 aromatic carbocycles. The Bertz CT molecular complexity index is 367. The normalized spacial score (nSPS) is 10.8. The number of hydrogen-bond acceptors (Lipinski definition) is 1. The van der Waals surface area contributed by atoms with Crippen LogP contribution >= 0.6 is 0 Å². The predicted molar refractivity (Wildman–Crippen MR) is 76.6 cm³/mol. The van der Waals surface area contributed by atoms with Gasteiger partial charge in [0.2, 0.25) is 0 Å². The molecule has 0 amide bonds. The van der Waals surface area contributed by atoms with Crippen LogP contribution < -0.4 is 0 Å². The fourth-order valence-electron chi connectivity index (χ4n) is 1.30. The average Bonchev–Trinajstić information content (AvgIpc) is 2.28. The van der Waals surface area contributed by atoms with Crippen LogP contribution in [0, 0.1) is 11.8 Å². The molecule has 1 rings (SSSR count). The first-order valence-electron chi connectivity index (χ1n) is 6.15. The number of hydrogen-bond donors (Lipinski definition) is 0. The van der Waals surface area contributed by atoms with Crippen molar-refractivity contribution in [1.29, 1.82) is 0 Å². The zero-order chi connectivity index (χ0) is 12.6. The summed E-state index contributed by atoms with van der Waals surface area (Å²) in [5, 5.41) is 0. The minimum absolute atomic E-state index is 0.695. The molecule has 0 fully saturated rings. The van der Waals surface area contributed by atoms with Gasteiger partial charge in [-0.1, -0.05) is 0 Å². The van der Waals surface area contributed by atoms with Crippen molar-refractivity contribution in [2.45, 2.75) is 32.3 Å². The van der Waals surface area contributed by atoms with Gasteiger partial charge in [0.15, 0.2) is 0 Å². The number of rotatable bonds is 5. The summed E-state index contributed by atoms with van der Waals surface area (Å²) in [4.78, 5) is 7.24. The fraction of sp³-hybridized carbons (Fsp3) is 0.467. The summed E-state index contributed by atoms with van der Waals surface area (Å²) in [7, 11) is 0. The third-order valence-corrected chi connectivity index (χ3v) is 5.76. The topological polar surface area (TPSA) is 9.23 Å². The first kappa shape index (κ1) is 14.6. The van der Waals surface area contributed by atoms with Gasteiger partial charge in [-0.15, -0.1) is 0 Å². The summed E-state index contributed by atoms with van der Waals surface area (Å²) in [5.74, 6) is 6.49. The summed E-state index contributed by atoms with van der Waals surface area (Å²) >= 11 is -1.66. The molecule has 0 saturated heterocycles. The maximum atomic E-state index is 5.57. The van der Waals surface area contributed by atoms with E-state index in [0.717, 1.165) is 17.5 Å². The van der Waals surface area contributed by atoms with Crippen LogP contribution in [0.3, 0.4) is 0 Å². The van der Waals surface area contributed by atoms with Crippen molar-refractivity contribution in [3.63, 3.8) is 0 Å². The second-order valence-electron chi connectivity index (χ2n) is 5.38. The first-order valence-corrected chi connectivity index (χ1v) is 16.7. The Morgan fingerprint density at radius 3 is 2.41 bits per heavy atom. The van der Waals surface area contributed by atoms with Gasteiger partial charge in [0.05, 0.1) is 0 Å². The van der Waals surface area contributed by atoms with Crippen molar-refractivity contribution in [2.75, 3.05) is 6.61 Å². The molecular formula is C15H22OSn. The van der Waals surface area contributed by atoms with Crippen LogP contribution in [0.2, 0.25) is 19.3 Å². The molecule has 92 valence electrons. The predicted octanol–water partition coefficient (Wildman–Crippen LogP) is 3.93. The van der Waals surface area contributed by atoms with Gasteiger partial charge in [-0.05, 0) is 0 Å². The van der Waals surface area contributed by atoms with Crippen LogP contribution in [0.15, 0.2) is 30.3 Å². The van der Waals surface area contributed by atoms with Crippen LogP contribution in [-0.2, 0) is 11.3 Å². The Balaban J connectivity index is 2.09. The van der Waals surface area contributed by atoms with Gasteiger partial charge in [-0.2, -0.15) is 0 Å². The summed E-state index contributed by atoms with van der Waals surface area (Å²) in [6.07, 6.45) is 0.856. The van der Waals surface area contributed by atoms with E-state index in [1.807, 2.05) is 18.2 Å². The molecule has 0 spiro atoms. The molecule has 2 heteroatoms. The molecule has 0 N–H and O–H groups in total. The molecule has 0 aliphatic heterocycles. The maximum absolute atomic E-state index is 5.57. The van der Waals surface area contributed by atoms with Gasteiger partial charge in [0.1, 0.15) is 0 Å². The quantitative estimate of drug-likeness (QED) is 0.449. The van der Waals surface area contributed by atoms with Crippen LogP contribution in [0.25, 0.3) is 0 Å². The zero-order valence-electron chi connectivity index (χ0n) is 11.1. The monoisotopic (exact) mass is 338 g/mol. The van der Waals surface area contributed by atoms with E-state index in [-0.39, 0.29) is 0 Å².